The monoisotopic (exact) mass is 181 g/mol. The van der Waals surface area contributed by atoms with Gasteiger partial charge in [-0.1, -0.05) is 19.8 Å². The molecule has 0 unspecified atom stereocenters. The van der Waals surface area contributed by atoms with Gasteiger partial charge in [0.1, 0.15) is 0 Å². The Hall–Kier alpha value is -0.660. The number of carbonyl (C=O) groups is 1. The average molecular weight is 181 g/mol. The van der Waals surface area contributed by atoms with Crippen molar-refractivity contribution in [2.45, 2.75) is 51.9 Å². The Kier molecular flexibility index (Phi) is 4.73. The molecule has 0 aliphatic carbocycles. The number of ketones is 1. The van der Waals surface area contributed by atoms with E-state index in [1.807, 2.05) is 0 Å². The third-order valence-electron chi connectivity index (χ3n) is 2.45. The van der Waals surface area contributed by atoms with Gasteiger partial charge in [0.05, 0.1) is 5.71 Å². The maximum Gasteiger partial charge on any atom is 0.176 e. The van der Waals surface area contributed by atoms with E-state index in [4.69, 9.17) is 0 Å². The van der Waals surface area contributed by atoms with Crippen molar-refractivity contribution < 1.29 is 4.79 Å². The van der Waals surface area contributed by atoms with E-state index in [9.17, 15) is 4.79 Å². The summed E-state index contributed by atoms with van der Waals surface area (Å²) in [5.74, 6) is 0.299. The Balaban J connectivity index is 2.25. The number of hydrogen-bond donors (Lipinski definition) is 0. The van der Waals surface area contributed by atoms with Gasteiger partial charge < -0.3 is 0 Å². The summed E-state index contributed by atoms with van der Waals surface area (Å²) in [6.45, 7) is 3.03. The molecule has 0 aromatic rings. The number of hydrogen-bond acceptors (Lipinski definition) is 2. The van der Waals surface area contributed by atoms with Crippen LogP contribution in [-0.2, 0) is 4.79 Å². The minimum Gasteiger partial charge on any atom is -0.293 e. The van der Waals surface area contributed by atoms with Crippen LogP contribution in [0.15, 0.2) is 4.99 Å². The zero-order valence-electron chi connectivity index (χ0n) is 8.51. The average Bonchev–Trinajstić information content (AvgIpc) is 2.19. The molecule has 1 aliphatic heterocycles. The van der Waals surface area contributed by atoms with Crippen molar-refractivity contribution in [1.29, 1.82) is 0 Å². The molecule has 2 nitrogen and oxygen atoms in total. The zero-order valence-corrected chi connectivity index (χ0v) is 8.51. The van der Waals surface area contributed by atoms with E-state index in [2.05, 4.69) is 11.9 Å². The minimum absolute atomic E-state index is 0.299. The number of Topliss-reactive ketones (excluding diaryl/α,β-unsaturated/α-hetero) is 1. The number of rotatable bonds is 5. The summed E-state index contributed by atoms with van der Waals surface area (Å²) in [5, 5.41) is 0. The van der Waals surface area contributed by atoms with Gasteiger partial charge in [0.25, 0.3) is 0 Å². The molecule has 0 amide bonds. The molecule has 1 aliphatic rings. The molecular weight excluding hydrogens is 162 g/mol. The van der Waals surface area contributed by atoms with Gasteiger partial charge in [0.2, 0.25) is 0 Å². The summed E-state index contributed by atoms with van der Waals surface area (Å²) in [7, 11) is 0. The molecule has 0 aromatic heterocycles. The minimum atomic E-state index is 0.299. The van der Waals surface area contributed by atoms with Crippen LogP contribution in [-0.4, -0.2) is 18.0 Å². The molecule has 0 fully saturated rings. The number of aliphatic imine (C=N–C) groups is 1. The first-order chi connectivity index (χ1) is 6.34. The molecule has 74 valence electrons. The zero-order chi connectivity index (χ0) is 9.52. The first-order valence-electron chi connectivity index (χ1n) is 5.41. The van der Waals surface area contributed by atoms with Crippen molar-refractivity contribution in [1.82, 2.24) is 0 Å². The highest BCUT2D eigenvalue weighted by Gasteiger charge is 2.12. The van der Waals surface area contributed by atoms with Crippen molar-refractivity contribution in [3.8, 4) is 0 Å². The second-order valence-corrected chi connectivity index (χ2v) is 3.67. The van der Waals surface area contributed by atoms with Gasteiger partial charge in [-0.3, -0.25) is 9.79 Å². The van der Waals surface area contributed by atoms with Crippen LogP contribution in [0.5, 0.6) is 0 Å². The molecule has 0 aromatic carbocycles. The summed E-state index contributed by atoms with van der Waals surface area (Å²) in [6.07, 6.45) is 7.33. The van der Waals surface area contributed by atoms with Crippen LogP contribution < -0.4 is 0 Å². The predicted molar refractivity (Wildman–Crippen MR) is 55.3 cm³/mol. The molecule has 0 saturated carbocycles. The van der Waals surface area contributed by atoms with Gasteiger partial charge in [-0.2, -0.15) is 0 Å². The smallest absolute Gasteiger partial charge is 0.176 e. The summed E-state index contributed by atoms with van der Waals surface area (Å²) in [5.41, 5.74) is 0.863. The molecule has 0 saturated heterocycles. The van der Waals surface area contributed by atoms with Crippen LogP contribution in [0.1, 0.15) is 51.9 Å². The number of carbonyl (C=O) groups excluding carboxylic acids is 1. The van der Waals surface area contributed by atoms with E-state index in [1.165, 1.54) is 12.8 Å². The predicted octanol–water partition coefficient (Wildman–Crippen LogP) is 2.76. The van der Waals surface area contributed by atoms with Crippen molar-refractivity contribution in [2.24, 2.45) is 4.99 Å². The fraction of sp³-hybridized carbons (Fsp3) is 0.818. The lowest BCUT2D eigenvalue weighted by Gasteiger charge is -2.09. The summed E-state index contributed by atoms with van der Waals surface area (Å²) < 4.78 is 0. The largest absolute Gasteiger partial charge is 0.293 e. The fourth-order valence-electron chi connectivity index (χ4n) is 1.60. The summed E-state index contributed by atoms with van der Waals surface area (Å²) >= 11 is 0. The van der Waals surface area contributed by atoms with E-state index >= 15 is 0 Å². The van der Waals surface area contributed by atoms with Crippen molar-refractivity contribution in [3.05, 3.63) is 0 Å². The first-order valence-corrected chi connectivity index (χ1v) is 5.41. The standard InChI is InChI=1S/C11H19NO/c1-2-3-4-8-11(13)10-7-5-6-9-12-10/h2-9H2,1H3. The van der Waals surface area contributed by atoms with E-state index in [0.717, 1.165) is 37.9 Å². The van der Waals surface area contributed by atoms with Gasteiger partial charge in [-0.25, -0.2) is 0 Å². The van der Waals surface area contributed by atoms with E-state index in [-0.39, 0.29) is 0 Å². The Morgan fingerprint density at radius 1 is 1.38 bits per heavy atom. The maximum atomic E-state index is 11.5. The van der Waals surface area contributed by atoms with Gasteiger partial charge in [0.15, 0.2) is 5.78 Å². The fourth-order valence-corrected chi connectivity index (χ4v) is 1.60. The molecule has 2 heteroatoms. The summed E-state index contributed by atoms with van der Waals surface area (Å²) in [6, 6.07) is 0. The third kappa shape index (κ3) is 3.71. The van der Waals surface area contributed by atoms with Crippen LogP contribution in [0.2, 0.25) is 0 Å². The van der Waals surface area contributed by atoms with Crippen LogP contribution in [0.4, 0.5) is 0 Å². The molecule has 0 spiro atoms. The van der Waals surface area contributed by atoms with Crippen LogP contribution in [0.25, 0.3) is 0 Å². The highest BCUT2D eigenvalue weighted by atomic mass is 16.1. The van der Waals surface area contributed by atoms with Gasteiger partial charge >= 0.3 is 0 Å². The topological polar surface area (TPSA) is 29.4 Å². The number of nitrogens with zero attached hydrogens (tertiary/aromatic N) is 1. The molecule has 0 bridgehead atoms. The van der Waals surface area contributed by atoms with E-state index in [0.29, 0.717) is 12.2 Å². The lowest BCUT2D eigenvalue weighted by Crippen LogP contribution is -2.17. The highest BCUT2D eigenvalue weighted by Crippen LogP contribution is 2.09. The Morgan fingerprint density at radius 3 is 2.85 bits per heavy atom. The lowest BCUT2D eigenvalue weighted by molar-refractivity contribution is -0.113. The second-order valence-electron chi connectivity index (χ2n) is 3.67. The molecular formula is C11H19NO. The molecule has 13 heavy (non-hydrogen) atoms. The lowest BCUT2D eigenvalue weighted by atomic mass is 10.0. The van der Waals surface area contributed by atoms with Gasteiger partial charge in [-0.05, 0) is 25.7 Å². The van der Waals surface area contributed by atoms with Crippen molar-refractivity contribution >= 4 is 11.5 Å². The molecule has 1 rings (SSSR count). The molecule has 1 heterocycles. The maximum absolute atomic E-state index is 11.5. The SMILES string of the molecule is CCCCCC(=O)C1=NCCCC1. The van der Waals surface area contributed by atoms with Crippen LogP contribution >= 0.6 is 0 Å². The Bertz CT molecular complexity index is 196. The molecule has 0 N–H and O–H groups in total. The highest BCUT2D eigenvalue weighted by molar-refractivity contribution is 6.39. The quantitative estimate of drug-likeness (QED) is 0.600. The van der Waals surface area contributed by atoms with Crippen molar-refractivity contribution in [2.75, 3.05) is 6.54 Å². The van der Waals surface area contributed by atoms with E-state index < -0.39 is 0 Å². The van der Waals surface area contributed by atoms with E-state index in [1.54, 1.807) is 0 Å². The normalized spacial score (nSPS) is 16.8. The van der Waals surface area contributed by atoms with Crippen molar-refractivity contribution in [3.63, 3.8) is 0 Å². The number of unbranched alkanes of at least 4 members (excludes halogenated alkanes) is 2. The van der Waals surface area contributed by atoms with Crippen LogP contribution in [0, 0.1) is 0 Å². The molecule has 0 radical (unpaired) electrons. The Morgan fingerprint density at radius 2 is 2.23 bits per heavy atom. The van der Waals surface area contributed by atoms with Gasteiger partial charge in [-0.15, -0.1) is 0 Å². The first kappa shape index (κ1) is 10.4. The Labute approximate surface area is 80.4 Å². The third-order valence-corrected chi connectivity index (χ3v) is 2.45. The summed E-state index contributed by atoms with van der Waals surface area (Å²) in [4.78, 5) is 15.8. The second kappa shape index (κ2) is 5.90. The van der Waals surface area contributed by atoms with Gasteiger partial charge in [0, 0.05) is 13.0 Å². The molecule has 0 atom stereocenters. The van der Waals surface area contributed by atoms with Crippen LogP contribution in [0.3, 0.4) is 0 Å².